The predicted molar refractivity (Wildman–Crippen MR) is 105 cm³/mol. The van der Waals surface area contributed by atoms with Gasteiger partial charge in [0, 0.05) is 5.57 Å². The molecule has 0 N–H and O–H groups in total. The van der Waals surface area contributed by atoms with Gasteiger partial charge < -0.3 is 0 Å². The van der Waals surface area contributed by atoms with E-state index in [4.69, 9.17) is 0 Å². The molecule has 0 spiro atoms. The fraction of sp³-hybridized carbons (Fsp3) is 0.0833. The van der Waals surface area contributed by atoms with Crippen LogP contribution in [0.15, 0.2) is 78.4 Å². The number of carbonyl (C=O) groups excluding carboxylic acids is 2. The molecule has 0 unspecified atom stereocenters. The van der Waals surface area contributed by atoms with E-state index in [-0.39, 0.29) is 11.6 Å². The summed E-state index contributed by atoms with van der Waals surface area (Å²) in [6.07, 6.45) is 8.10. The van der Waals surface area contributed by atoms with Crippen LogP contribution >= 0.6 is 0 Å². The summed E-state index contributed by atoms with van der Waals surface area (Å²) in [7, 11) is 0. The molecule has 2 aliphatic rings. The first-order valence-corrected chi connectivity index (χ1v) is 8.83. The Bertz CT molecular complexity index is 1210. The zero-order valence-corrected chi connectivity index (χ0v) is 14.2. The lowest BCUT2D eigenvalue weighted by molar-refractivity contribution is -0.114. The van der Waals surface area contributed by atoms with Gasteiger partial charge in [-0.15, -0.1) is 0 Å². The molecule has 0 saturated carbocycles. The molecule has 0 heterocycles. The van der Waals surface area contributed by atoms with Crippen LogP contribution in [0, 0.1) is 0 Å². The van der Waals surface area contributed by atoms with E-state index in [0.717, 1.165) is 29.4 Å². The average Bonchev–Trinajstić information content (AvgIpc) is 2.66. The molecule has 0 radical (unpaired) electrons. The fourth-order valence-electron chi connectivity index (χ4n) is 3.95. The van der Waals surface area contributed by atoms with Gasteiger partial charge in [0.05, 0.1) is 0 Å². The molecule has 2 nitrogen and oxygen atoms in total. The number of hydrogen-bond donors (Lipinski definition) is 0. The molecule has 3 aromatic carbocycles. The first kappa shape index (κ1) is 15.0. The summed E-state index contributed by atoms with van der Waals surface area (Å²) in [6.45, 7) is 0. The summed E-state index contributed by atoms with van der Waals surface area (Å²) in [5.74, 6) is -0.221. The van der Waals surface area contributed by atoms with Crippen molar-refractivity contribution in [2.24, 2.45) is 0 Å². The standard InChI is InChI=1S/C24H16O2/c25-20-8-9-24(26)23(14-20)21-7-3-6-17-12-18-10-15-4-1-2-5-16(15)11-19(18)13-22(17)21/h1-2,4-5,7-14H,3,6H2. The maximum absolute atomic E-state index is 12.3. The van der Waals surface area contributed by atoms with Crippen molar-refractivity contribution in [1.29, 1.82) is 0 Å². The van der Waals surface area contributed by atoms with E-state index in [2.05, 4.69) is 48.5 Å². The highest BCUT2D eigenvalue weighted by atomic mass is 16.1. The van der Waals surface area contributed by atoms with Crippen LogP contribution in [0.5, 0.6) is 0 Å². The van der Waals surface area contributed by atoms with Gasteiger partial charge in [-0.2, -0.15) is 0 Å². The van der Waals surface area contributed by atoms with E-state index in [1.54, 1.807) is 0 Å². The monoisotopic (exact) mass is 336 g/mol. The summed E-state index contributed by atoms with van der Waals surface area (Å²) >= 11 is 0. The molecule has 0 aliphatic heterocycles. The minimum absolute atomic E-state index is 0.0951. The molecule has 0 amide bonds. The third-order valence-corrected chi connectivity index (χ3v) is 5.22. The SMILES string of the molecule is O=C1C=CC(=O)C(C2=CCCc3cc4cc5ccccc5cc4cc32)=C1. The van der Waals surface area contributed by atoms with E-state index in [1.807, 2.05) is 6.07 Å². The number of aryl methyl sites for hydroxylation is 1. The molecule has 124 valence electrons. The number of carbonyl (C=O) groups is 2. The average molecular weight is 336 g/mol. The highest BCUT2D eigenvalue weighted by Crippen LogP contribution is 2.36. The lowest BCUT2D eigenvalue weighted by Gasteiger charge is -2.21. The van der Waals surface area contributed by atoms with Crippen LogP contribution in [0.1, 0.15) is 17.5 Å². The number of benzene rings is 3. The maximum Gasteiger partial charge on any atom is 0.186 e. The Balaban J connectivity index is 1.73. The van der Waals surface area contributed by atoms with Crippen LogP contribution in [0.4, 0.5) is 0 Å². The van der Waals surface area contributed by atoms with E-state index < -0.39 is 0 Å². The lowest BCUT2D eigenvalue weighted by Crippen LogP contribution is -2.12. The molecule has 26 heavy (non-hydrogen) atoms. The first-order valence-electron chi connectivity index (χ1n) is 8.83. The van der Waals surface area contributed by atoms with Crippen LogP contribution in [-0.4, -0.2) is 11.6 Å². The highest BCUT2D eigenvalue weighted by Gasteiger charge is 2.23. The van der Waals surface area contributed by atoms with Crippen molar-refractivity contribution in [3.63, 3.8) is 0 Å². The molecule has 3 aromatic rings. The van der Waals surface area contributed by atoms with Gasteiger partial charge in [0.15, 0.2) is 11.6 Å². The van der Waals surface area contributed by atoms with Crippen molar-refractivity contribution >= 4 is 38.7 Å². The van der Waals surface area contributed by atoms with Crippen LogP contribution in [0.25, 0.3) is 27.1 Å². The summed E-state index contributed by atoms with van der Waals surface area (Å²) in [5, 5.41) is 4.80. The minimum Gasteiger partial charge on any atom is -0.290 e. The number of hydrogen-bond acceptors (Lipinski definition) is 2. The molecule has 0 aromatic heterocycles. The maximum atomic E-state index is 12.3. The minimum atomic E-state index is -0.126. The second-order valence-corrected chi connectivity index (χ2v) is 6.87. The van der Waals surface area contributed by atoms with E-state index >= 15 is 0 Å². The Morgan fingerprint density at radius 1 is 0.731 bits per heavy atom. The van der Waals surface area contributed by atoms with Gasteiger partial charge in [-0.1, -0.05) is 36.4 Å². The number of fused-ring (bicyclic) bond motifs is 3. The molecule has 0 bridgehead atoms. The van der Waals surface area contributed by atoms with Crippen LogP contribution in [0.3, 0.4) is 0 Å². The molecule has 0 atom stereocenters. The Morgan fingerprint density at radius 3 is 2.23 bits per heavy atom. The van der Waals surface area contributed by atoms with Gasteiger partial charge in [0.25, 0.3) is 0 Å². The molecule has 5 rings (SSSR count). The predicted octanol–water partition coefficient (Wildman–Crippen LogP) is 4.96. The van der Waals surface area contributed by atoms with Crippen LogP contribution < -0.4 is 0 Å². The Labute approximate surface area is 151 Å². The van der Waals surface area contributed by atoms with Gasteiger partial charge in [-0.25, -0.2) is 0 Å². The molecule has 2 heteroatoms. The normalized spacial score (nSPS) is 16.6. The second kappa shape index (κ2) is 5.63. The van der Waals surface area contributed by atoms with Crippen LogP contribution in [0.2, 0.25) is 0 Å². The third kappa shape index (κ3) is 2.34. The highest BCUT2D eigenvalue weighted by molar-refractivity contribution is 6.25. The third-order valence-electron chi connectivity index (χ3n) is 5.22. The Morgan fingerprint density at radius 2 is 1.46 bits per heavy atom. The molecule has 0 fully saturated rings. The topological polar surface area (TPSA) is 34.1 Å². The van der Waals surface area contributed by atoms with Crippen molar-refractivity contribution in [3.8, 4) is 0 Å². The second-order valence-electron chi connectivity index (χ2n) is 6.87. The molecule has 2 aliphatic carbocycles. The Kier molecular flexibility index (Phi) is 3.26. The van der Waals surface area contributed by atoms with E-state index in [9.17, 15) is 9.59 Å². The van der Waals surface area contributed by atoms with Gasteiger partial charge >= 0.3 is 0 Å². The Hall–Kier alpha value is -3.26. The van der Waals surface area contributed by atoms with Crippen molar-refractivity contribution in [1.82, 2.24) is 0 Å². The van der Waals surface area contributed by atoms with E-state index in [0.29, 0.717) is 5.57 Å². The zero-order valence-electron chi connectivity index (χ0n) is 14.2. The van der Waals surface area contributed by atoms with Crippen molar-refractivity contribution < 1.29 is 9.59 Å². The quantitative estimate of drug-likeness (QED) is 0.465. The summed E-state index contributed by atoms with van der Waals surface area (Å²) < 4.78 is 0. The fourth-order valence-corrected chi connectivity index (χ4v) is 3.95. The van der Waals surface area contributed by atoms with Gasteiger partial charge in [0.2, 0.25) is 0 Å². The molecule has 0 saturated heterocycles. The lowest BCUT2D eigenvalue weighted by atomic mass is 9.82. The summed E-state index contributed by atoms with van der Waals surface area (Å²) in [5.41, 5.74) is 3.71. The number of allylic oxidation sites excluding steroid dienone is 6. The summed E-state index contributed by atoms with van der Waals surface area (Å²) in [6, 6.07) is 17.2. The van der Waals surface area contributed by atoms with Gasteiger partial charge in [0.1, 0.15) is 0 Å². The van der Waals surface area contributed by atoms with Crippen molar-refractivity contribution in [3.05, 3.63) is 89.5 Å². The summed E-state index contributed by atoms with van der Waals surface area (Å²) in [4.78, 5) is 24.1. The van der Waals surface area contributed by atoms with E-state index in [1.165, 1.54) is 40.0 Å². The zero-order chi connectivity index (χ0) is 17.7. The smallest absolute Gasteiger partial charge is 0.186 e. The number of rotatable bonds is 1. The largest absolute Gasteiger partial charge is 0.290 e. The van der Waals surface area contributed by atoms with Gasteiger partial charge in [-0.3, -0.25) is 9.59 Å². The molecular weight excluding hydrogens is 320 g/mol. The van der Waals surface area contributed by atoms with Crippen LogP contribution in [-0.2, 0) is 16.0 Å². The van der Waals surface area contributed by atoms with Gasteiger partial charge in [-0.05, 0) is 87.5 Å². The van der Waals surface area contributed by atoms with Crippen molar-refractivity contribution in [2.75, 3.05) is 0 Å². The van der Waals surface area contributed by atoms with Crippen molar-refractivity contribution in [2.45, 2.75) is 12.8 Å². The molecular formula is C24H16O2. The number of ketones is 2. The first-order chi connectivity index (χ1) is 12.7.